The molecule has 6 rings (SSSR count). The van der Waals surface area contributed by atoms with E-state index in [9.17, 15) is 54.3 Å². The minimum Gasteiger partial charge on any atom is -0.456 e. The van der Waals surface area contributed by atoms with Gasteiger partial charge in [0.25, 0.3) is 26.4 Å². The zero-order chi connectivity index (χ0) is 43.1. The summed E-state index contributed by atoms with van der Waals surface area (Å²) in [4.78, 5) is 96.7. The van der Waals surface area contributed by atoms with E-state index < -0.39 is 112 Å². The number of carbonyl (C=O) groups is 5. The molecule has 59 heavy (non-hydrogen) atoms. The highest BCUT2D eigenvalue weighted by molar-refractivity contribution is 6.64. The molecule has 2 amide bonds. The molecule has 5 N–H and O–H groups in total. The van der Waals surface area contributed by atoms with Gasteiger partial charge in [0.05, 0.1) is 57.8 Å². The van der Waals surface area contributed by atoms with Crippen molar-refractivity contribution in [3.05, 3.63) is 30.3 Å². The third-order valence-corrected chi connectivity index (χ3v) is 8.47. The Labute approximate surface area is 337 Å². The normalized spacial score (nSPS) is 31.5. The molecule has 6 aliphatic rings. The van der Waals surface area contributed by atoms with Crippen LogP contribution in [0.2, 0.25) is 0 Å². The van der Waals surface area contributed by atoms with Crippen molar-refractivity contribution >= 4 is 40.6 Å². The van der Waals surface area contributed by atoms with Crippen molar-refractivity contribution in [2.24, 2.45) is 5.73 Å². The number of aliphatic hydroxyl groups is 1. The molecular formula is C29H45ClN6O23. The summed E-state index contributed by atoms with van der Waals surface area (Å²) in [5, 5.41) is 41.0. The van der Waals surface area contributed by atoms with Crippen LogP contribution >= 0.6 is 11.6 Å². The molecule has 0 unspecified atom stereocenters. The van der Waals surface area contributed by atoms with Crippen LogP contribution in [-0.4, -0.2) is 182 Å². The minimum atomic E-state index is -0.896. The molecule has 0 aliphatic carbocycles. The smallest absolute Gasteiger partial charge is 0.303 e. The summed E-state index contributed by atoms with van der Waals surface area (Å²) in [6.07, 6.45) is -5.00. The van der Waals surface area contributed by atoms with Gasteiger partial charge in [0.15, 0.2) is 31.5 Å². The Bertz CT molecular complexity index is 1470. The van der Waals surface area contributed by atoms with Crippen LogP contribution in [0.15, 0.2) is 0 Å². The number of rotatable bonds is 13. The van der Waals surface area contributed by atoms with E-state index in [1.165, 1.54) is 13.8 Å². The number of amides is 2. The van der Waals surface area contributed by atoms with Gasteiger partial charge >= 0.3 is 11.9 Å². The number of hydrogen-bond donors (Lipinski definition) is 4. The van der Waals surface area contributed by atoms with Gasteiger partial charge in [-0.15, -0.1) is 30.3 Å². The first-order valence-electron chi connectivity index (χ1n) is 16.9. The fourth-order valence-corrected chi connectivity index (χ4v) is 6.15. The van der Waals surface area contributed by atoms with Gasteiger partial charge in [0.2, 0.25) is 5.91 Å². The highest BCUT2D eigenvalue weighted by Crippen LogP contribution is 2.30. The van der Waals surface area contributed by atoms with Crippen molar-refractivity contribution in [1.82, 2.24) is 10.6 Å². The van der Waals surface area contributed by atoms with E-state index >= 15 is 0 Å². The third kappa shape index (κ3) is 16.0. The van der Waals surface area contributed by atoms with Crippen LogP contribution in [0.1, 0.15) is 21.3 Å². The lowest BCUT2D eigenvalue weighted by Crippen LogP contribution is -2.45. The van der Waals surface area contributed by atoms with Crippen molar-refractivity contribution in [3.63, 3.8) is 0 Å². The number of nitrogens with one attached hydrogen (secondary N) is 2. The Hall–Kier alpha value is -4.88. The lowest BCUT2D eigenvalue weighted by molar-refractivity contribution is -0.769. The lowest BCUT2D eigenvalue weighted by atomic mass is 10.1. The molecule has 6 aliphatic heterocycles. The number of ether oxygens (including phenoxy) is 8. The van der Waals surface area contributed by atoms with Crippen molar-refractivity contribution in [3.8, 4) is 0 Å². The first-order chi connectivity index (χ1) is 27.4. The maximum atomic E-state index is 11.5. The molecule has 0 aromatic carbocycles. The van der Waals surface area contributed by atoms with Crippen LogP contribution in [0, 0.1) is 30.3 Å². The van der Waals surface area contributed by atoms with Crippen LogP contribution < -0.4 is 16.4 Å². The van der Waals surface area contributed by atoms with Gasteiger partial charge < -0.3 is 73.9 Å². The molecule has 29 nitrogen and oxygen atoms in total. The molecule has 6 saturated heterocycles. The molecule has 0 aromatic rings. The van der Waals surface area contributed by atoms with Gasteiger partial charge in [-0.25, -0.2) is 0 Å². The zero-order valence-electron chi connectivity index (χ0n) is 30.5. The maximum Gasteiger partial charge on any atom is 0.303 e. The Balaban J connectivity index is 0.000000282. The van der Waals surface area contributed by atoms with Crippen LogP contribution in [-0.2, 0) is 76.4 Å². The summed E-state index contributed by atoms with van der Waals surface area (Å²) in [5.41, 5.74) is 5.64. The van der Waals surface area contributed by atoms with E-state index in [4.69, 9.17) is 50.9 Å². The summed E-state index contributed by atoms with van der Waals surface area (Å²) in [5.74, 6) is -2.09. The summed E-state index contributed by atoms with van der Waals surface area (Å²) >= 11 is 4.81. The number of halogens is 1. The predicted molar refractivity (Wildman–Crippen MR) is 184 cm³/mol. The van der Waals surface area contributed by atoms with E-state index in [1.807, 2.05) is 0 Å². The average molecular weight is 881 g/mol. The molecular weight excluding hydrogens is 836 g/mol. The number of aliphatic hydroxyl groups excluding tert-OH is 1. The summed E-state index contributed by atoms with van der Waals surface area (Å²) < 4.78 is 40.5. The highest BCUT2D eigenvalue weighted by Gasteiger charge is 2.51. The first kappa shape index (κ1) is 50.3. The van der Waals surface area contributed by atoms with Crippen LogP contribution in [0.3, 0.4) is 0 Å². The van der Waals surface area contributed by atoms with E-state index in [2.05, 4.69) is 34.6 Å². The molecule has 0 saturated carbocycles. The molecule has 336 valence electrons. The van der Waals surface area contributed by atoms with Gasteiger partial charge in [-0.2, -0.15) is 0 Å². The van der Waals surface area contributed by atoms with Crippen molar-refractivity contribution in [1.29, 1.82) is 0 Å². The van der Waals surface area contributed by atoms with Crippen LogP contribution in [0.25, 0.3) is 0 Å². The second-order valence-corrected chi connectivity index (χ2v) is 12.9. The quantitative estimate of drug-likeness (QED) is 0.0591. The van der Waals surface area contributed by atoms with E-state index in [1.54, 1.807) is 0 Å². The van der Waals surface area contributed by atoms with Crippen molar-refractivity contribution in [2.75, 3.05) is 59.5 Å². The van der Waals surface area contributed by atoms with Crippen LogP contribution in [0.4, 0.5) is 0 Å². The lowest BCUT2D eigenvalue weighted by Gasteiger charge is -2.17. The molecule has 0 aromatic heterocycles. The molecule has 0 spiro atoms. The Morgan fingerprint density at radius 1 is 0.627 bits per heavy atom. The van der Waals surface area contributed by atoms with Gasteiger partial charge in [-0.3, -0.25) is 24.0 Å². The van der Waals surface area contributed by atoms with Gasteiger partial charge in [-0.05, 0) is 11.6 Å². The monoisotopic (exact) mass is 880 g/mol. The topological polar surface area (TPSA) is 387 Å². The fraction of sp³-hybridized carbons (Fsp3) is 0.828. The molecule has 30 heteroatoms. The minimum absolute atomic E-state index is 0. The fourth-order valence-electron chi connectivity index (χ4n) is 6.10. The summed E-state index contributed by atoms with van der Waals surface area (Å²) in [6, 6.07) is -1.08. The Morgan fingerprint density at radius 2 is 0.983 bits per heavy atom. The largest absolute Gasteiger partial charge is 0.456 e. The zero-order valence-corrected chi connectivity index (χ0v) is 31.3. The molecule has 6 fully saturated rings. The SMILES string of the molecule is C.CC(=O)OCC(=O)Cl.CC(=O)OCC(=O)N[C@H]1CO[C@H]2[C@@H]1OC[C@H]2O[N+](=O)[O-].N[C@H]1CO[C@H]2[C@@H]1OC[C@H]2O[N+](=O)[O-].O=C(CO)N[C@H]1CO[C@H]2[C@@H]1OC[C@H]2O[N+](=O)[O-]. The summed E-state index contributed by atoms with van der Waals surface area (Å²) in [6.45, 7) is 1.99. The number of esters is 2. The number of fused-ring (bicyclic) bond motifs is 3. The molecule has 0 bridgehead atoms. The number of nitrogens with zero attached hydrogens (tertiary/aromatic N) is 3. The van der Waals surface area contributed by atoms with E-state index in [0.717, 1.165) is 0 Å². The molecule has 6 heterocycles. The highest BCUT2D eigenvalue weighted by atomic mass is 35.5. The standard InChI is InChI=1S/C10H14N2O8.C8H12N2O7.C6H10N2O5.C4H5ClO3.CH4/c1-5(13)17-4-8(14)11-6-2-18-10-7(20-12(15)16)3-19-9(6)10;11-1-6(12)9-4-2-15-8-5(17-10(13)14)3-16-7(4)8;7-3-1-11-6-4(13-8(9)10)2-12-5(3)6;1-3(6)8-2-4(5)7;/h6-7,9-10H,2-4H2,1H3,(H,11,14);4-5,7-8,11H,1-3H2,(H,9,12);3-6H,1-2,7H2;2H2,1H3;1H4/t6-,7+,9+,10+;4-,5+,7+,8+;3-,4+,5+,6+;;/m000../s1. The Kier molecular flexibility index (Phi) is 20.7. The van der Waals surface area contributed by atoms with Crippen LogP contribution in [0.5, 0.6) is 0 Å². The first-order valence-corrected chi connectivity index (χ1v) is 17.3. The predicted octanol–water partition coefficient (Wildman–Crippen LogP) is -4.11. The van der Waals surface area contributed by atoms with Gasteiger partial charge in [0, 0.05) is 13.8 Å². The average Bonchev–Trinajstić information content (AvgIpc) is 4.00. The Morgan fingerprint density at radius 3 is 1.36 bits per heavy atom. The molecule has 0 radical (unpaired) electrons. The van der Waals surface area contributed by atoms with Gasteiger partial charge in [0.1, 0.15) is 43.2 Å². The second-order valence-electron chi connectivity index (χ2n) is 12.5. The molecule has 12 atom stereocenters. The number of hydrogen-bond acceptors (Lipinski definition) is 24. The van der Waals surface area contributed by atoms with Crippen molar-refractivity contribution < 1.29 is 96.7 Å². The number of carbonyl (C=O) groups excluding carboxylic acids is 5. The van der Waals surface area contributed by atoms with E-state index in [0.29, 0.717) is 6.61 Å². The number of nitrogens with two attached hydrogens (primary N) is 1. The maximum absolute atomic E-state index is 11.5. The van der Waals surface area contributed by atoms with Gasteiger partial charge in [-0.1, -0.05) is 7.43 Å². The van der Waals surface area contributed by atoms with Crippen molar-refractivity contribution in [2.45, 2.75) is 94.3 Å². The van der Waals surface area contributed by atoms with E-state index in [-0.39, 0.29) is 65.3 Å². The summed E-state index contributed by atoms with van der Waals surface area (Å²) in [7, 11) is 0. The second kappa shape index (κ2) is 24.3. The third-order valence-electron chi connectivity index (χ3n) is 8.36.